The molecule has 192 valence electrons. The molecule has 0 rings (SSSR count). The van der Waals surface area contributed by atoms with Gasteiger partial charge in [0.1, 0.15) is 0 Å². The van der Waals surface area contributed by atoms with Crippen LogP contribution in [0.2, 0.25) is 0 Å². The third-order valence-electron chi connectivity index (χ3n) is 4.98. The summed E-state index contributed by atoms with van der Waals surface area (Å²) in [5.74, 6) is -5.83. The third-order valence-corrected chi connectivity index (χ3v) is 4.98. The number of rotatable bonds is 20. The maximum atomic E-state index is 11.9. The summed E-state index contributed by atoms with van der Waals surface area (Å²) < 4.78 is 4.78. The predicted octanol–water partition coefficient (Wildman–Crippen LogP) is 3.78. The van der Waals surface area contributed by atoms with Crippen LogP contribution in [0.15, 0.2) is 12.2 Å². The zero-order chi connectivity index (χ0) is 24.8. The van der Waals surface area contributed by atoms with E-state index in [0.29, 0.717) is 6.42 Å². The topological polar surface area (TPSA) is 137 Å². The Morgan fingerprint density at radius 2 is 1.39 bits per heavy atom. The van der Waals surface area contributed by atoms with Gasteiger partial charge in [0.25, 0.3) is 0 Å². The Balaban J connectivity index is 3.76. The zero-order valence-electron chi connectivity index (χ0n) is 20.4. The lowest BCUT2D eigenvalue weighted by Gasteiger charge is -2.24. The van der Waals surface area contributed by atoms with Gasteiger partial charge in [-0.2, -0.15) is 0 Å². The van der Waals surface area contributed by atoms with E-state index in [1.807, 2.05) is 5.32 Å². The van der Waals surface area contributed by atoms with Crippen LogP contribution in [0.4, 0.5) is 0 Å². The van der Waals surface area contributed by atoms with Gasteiger partial charge in [-0.1, -0.05) is 70.4 Å². The average Bonchev–Trinajstić information content (AvgIpc) is 2.79. The van der Waals surface area contributed by atoms with Crippen molar-refractivity contribution in [1.29, 1.82) is 0 Å². The van der Waals surface area contributed by atoms with Gasteiger partial charge in [0.05, 0.1) is 13.0 Å². The van der Waals surface area contributed by atoms with Crippen molar-refractivity contribution in [3.05, 3.63) is 12.2 Å². The van der Waals surface area contributed by atoms with Crippen LogP contribution >= 0.6 is 0 Å². The number of aliphatic hydroxyl groups is 1. The Labute approximate surface area is 198 Å². The highest BCUT2D eigenvalue weighted by molar-refractivity contribution is 5.86. The molecule has 9 heteroatoms. The number of hydrogen-bond donors (Lipinski definition) is 3. The van der Waals surface area contributed by atoms with Gasteiger partial charge in [-0.05, 0) is 39.0 Å². The van der Waals surface area contributed by atoms with Crippen molar-refractivity contribution in [1.82, 2.24) is 5.32 Å². The molecule has 0 aromatic rings. The van der Waals surface area contributed by atoms with Crippen molar-refractivity contribution in [3.8, 4) is 0 Å². The van der Waals surface area contributed by atoms with E-state index < -0.39 is 30.3 Å². The molecule has 4 N–H and O–H groups in total. The van der Waals surface area contributed by atoms with Crippen molar-refractivity contribution in [3.63, 3.8) is 0 Å². The second kappa shape index (κ2) is 20.6. The Morgan fingerprint density at radius 3 is 1.94 bits per heavy atom. The number of nitrogens with one attached hydrogen (secondary N) is 1. The van der Waals surface area contributed by atoms with Gasteiger partial charge in [-0.3, -0.25) is 10.1 Å². The monoisotopic (exact) mass is 472 g/mol. The quantitative estimate of drug-likeness (QED) is 0.0800. The molecule has 0 aliphatic carbocycles. The summed E-state index contributed by atoms with van der Waals surface area (Å²) in [4.78, 5) is 43.6. The minimum atomic E-state index is -2.77. The second-order valence-electron chi connectivity index (χ2n) is 7.99. The van der Waals surface area contributed by atoms with Crippen LogP contribution in [0.1, 0.15) is 104 Å². The largest absolute Gasteiger partial charge is 0.437 e. The van der Waals surface area contributed by atoms with Crippen molar-refractivity contribution < 1.29 is 34.0 Å². The van der Waals surface area contributed by atoms with E-state index in [4.69, 9.17) is 10.5 Å². The van der Waals surface area contributed by atoms with Crippen LogP contribution in [-0.2, 0) is 28.9 Å². The van der Waals surface area contributed by atoms with E-state index in [9.17, 15) is 19.5 Å². The first kappa shape index (κ1) is 31.0. The Morgan fingerprint density at radius 1 is 0.848 bits per heavy atom. The molecule has 0 radical (unpaired) electrons. The van der Waals surface area contributed by atoms with Gasteiger partial charge in [0, 0.05) is 6.61 Å². The molecule has 0 spiro atoms. The van der Waals surface area contributed by atoms with Crippen LogP contribution in [0.5, 0.6) is 0 Å². The van der Waals surface area contributed by atoms with Gasteiger partial charge in [0.15, 0.2) is 0 Å². The van der Waals surface area contributed by atoms with E-state index in [-0.39, 0.29) is 13.0 Å². The summed E-state index contributed by atoms with van der Waals surface area (Å²) in [7, 11) is 0. The van der Waals surface area contributed by atoms with Crippen LogP contribution in [-0.4, -0.2) is 42.0 Å². The molecule has 1 unspecified atom stereocenters. The molecule has 0 aromatic carbocycles. The van der Waals surface area contributed by atoms with Crippen molar-refractivity contribution in [2.24, 2.45) is 5.73 Å². The van der Waals surface area contributed by atoms with Crippen LogP contribution in [0.25, 0.3) is 0 Å². The van der Waals surface area contributed by atoms with Gasteiger partial charge in [-0.15, -0.1) is 0 Å². The minimum absolute atomic E-state index is 0.0770. The minimum Gasteiger partial charge on any atom is -0.340 e. The number of hydrogen-bond acceptors (Lipinski definition) is 8. The first-order valence-electron chi connectivity index (χ1n) is 12.3. The summed E-state index contributed by atoms with van der Waals surface area (Å²) in [6.45, 7) is 3.14. The fourth-order valence-electron chi connectivity index (χ4n) is 3.12. The lowest BCUT2D eigenvalue weighted by molar-refractivity contribution is -0.300. The molecule has 33 heavy (non-hydrogen) atoms. The number of carbonyl (C=O) groups is 3. The number of amides is 1. The lowest BCUT2D eigenvalue weighted by Crippen LogP contribution is -2.58. The van der Waals surface area contributed by atoms with Crippen molar-refractivity contribution in [2.75, 3.05) is 13.2 Å². The van der Waals surface area contributed by atoms with E-state index in [1.54, 1.807) is 0 Å². The molecule has 0 fully saturated rings. The summed E-state index contributed by atoms with van der Waals surface area (Å²) in [5.41, 5.74) is 5.13. The number of carbonyl (C=O) groups excluding carboxylic acids is 3. The second-order valence-corrected chi connectivity index (χ2v) is 7.99. The molecule has 0 aliphatic heterocycles. The maximum absolute atomic E-state index is 11.9. The molecule has 9 nitrogen and oxygen atoms in total. The number of nitrogens with two attached hydrogens (primary N) is 1. The summed E-state index contributed by atoms with van der Waals surface area (Å²) in [6, 6.07) is 0. The molecular weight excluding hydrogens is 428 g/mol. The van der Waals surface area contributed by atoms with Crippen LogP contribution in [0.3, 0.4) is 0 Å². The van der Waals surface area contributed by atoms with Crippen LogP contribution in [0, 0.1) is 0 Å². The van der Waals surface area contributed by atoms with E-state index >= 15 is 0 Å². The Bertz CT molecular complexity index is 569. The smallest absolute Gasteiger partial charge is 0.340 e. The Kier molecular flexibility index (Phi) is 19.4. The van der Waals surface area contributed by atoms with Crippen molar-refractivity contribution in [2.45, 2.75) is 110 Å². The zero-order valence-corrected chi connectivity index (χ0v) is 20.4. The average molecular weight is 473 g/mol. The fourth-order valence-corrected chi connectivity index (χ4v) is 3.12. The normalized spacial score (nSPS) is 13.0. The van der Waals surface area contributed by atoms with E-state index in [1.165, 1.54) is 51.9 Å². The Hall–Kier alpha value is -1.97. The van der Waals surface area contributed by atoms with Gasteiger partial charge in [-0.25, -0.2) is 19.4 Å². The van der Waals surface area contributed by atoms with Gasteiger partial charge < -0.3 is 15.6 Å². The molecular formula is C24H44N2O7. The van der Waals surface area contributed by atoms with Gasteiger partial charge in [0.2, 0.25) is 5.91 Å². The SMILES string of the molecule is CCCCCCCC/C=C\CCCCCCCC(=O)OOC(=O)C(O)(NC(=O)CN)OCC. The van der Waals surface area contributed by atoms with E-state index in [2.05, 4.69) is 28.9 Å². The lowest BCUT2D eigenvalue weighted by atomic mass is 10.1. The third kappa shape index (κ3) is 17.2. The highest BCUT2D eigenvalue weighted by Crippen LogP contribution is 2.11. The molecule has 1 atom stereocenters. The van der Waals surface area contributed by atoms with Gasteiger partial charge >= 0.3 is 17.8 Å². The maximum Gasteiger partial charge on any atom is 0.437 e. The fraction of sp³-hybridized carbons (Fsp3) is 0.792. The molecule has 0 aliphatic rings. The van der Waals surface area contributed by atoms with E-state index in [0.717, 1.165) is 32.1 Å². The number of allylic oxidation sites excluding steroid dienone is 2. The molecule has 0 aromatic heterocycles. The molecule has 0 saturated carbocycles. The summed E-state index contributed by atoms with van der Waals surface area (Å²) in [5, 5.41) is 11.9. The summed E-state index contributed by atoms with van der Waals surface area (Å²) >= 11 is 0. The van der Waals surface area contributed by atoms with Crippen molar-refractivity contribution >= 4 is 17.8 Å². The molecule has 0 bridgehead atoms. The number of ether oxygens (including phenoxy) is 1. The first-order chi connectivity index (χ1) is 15.9. The summed E-state index contributed by atoms with van der Waals surface area (Å²) in [6.07, 6.45) is 19.5. The molecule has 0 saturated heterocycles. The highest BCUT2D eigenvalue weighted by Gasteiger charge is 2.42. The predicted molar refractivity (Wildman–Crippen MR) is 125 cm³/mol. The van der Waals surface area contributed by atoms with Crippen LogP contribution < -0.4 is 11.1 Å². The standard InChI is InChI=1S/C24H44N2O7/c1-3-5-6-7-8-9-10-11-12-13-14-15-16-17-18-19-22(28)32-33-23(29)24(30,31-4-2)26-21(27)20-25/h11-12,30H,3-10,13-20,25H2,1-2H3,(H,26,27)/b12-11-. The highest BCUT2D eigenvalue weighted by atomic mass is 17.2. The molecule has 1 amide bonds. The molecule has 0 heterocycles. The first-order valence-corrected chi connectivity index (χ1v) is 12.3. The number of unbranched alkanes of at least 4 members (excludes halogenated alkanes) is 11.